The Morgan fingerprint density at radius 2 is 1.96 bits per heavy atom. The van der Waals surface area contributed by atoms with Gasteiger partial charge in [0.05, 0.1) is 16.7 Å². The zero-order valence-electron chi connectivity index (χ0n) is 14.4. The van der Waals surface area contributed by atoms with Gasteiger partial charge in [0.1, 0.15) is 5.75 Å². The number of phenolic OH excluding ortho intramolecular Hbond substituents is 1. The van der Waals surface area contributed by atoms with Gasteiger partial charge >= 0.3 is 0 Å². The van der Waals surface area contributed by atoms with Crippen molar-refractivity contribution in [1.82, 2.24) is 19.8 Å². The van der Waals surface area contributed by atoms with Gasteiger partial charge in [-0.3, -0.25) is 0 Å². The van der Waals surface area contributed by atoms with E-state index in [1.165, 1.54) is 6.07 Å². The lowest BCUT2D eigenvalue weighted by Crippen LogP contribution is -2.43. The topological polar surface area (TPSA) is 53.3 Å². The molecule has 0 atom stereocenters. The number of hydrogen-bond acceptors (Lipinski definition) is 4. The number of hydrogen-bond donors (Lipinski definition) is 2. The van der Waals surface area contributed by atoms with Crippen molar-refractivity contribution in [3.05, 3.63) is 35.9 Å². The molecule has 0 saturated carbocycles. The first-order valence-corrected chi connectivity index (χ1v) is 8.84. The van der Waals surface area contributed by atoms with Gasteiger partial charge in [0.2, 0.25) is 5.95 Å². The van der Waals surface area contributed by atoms with Crippen LogP contribution in [0.15, 0.2) is 24.3 Å². The number of nitrogens with zero attached hydrogens (tertiary/aromatic N) is 3. The number of benzene rings is 1. The smallest absolute Gasteiger partial charge is 0.213 e. The Balaban J connectivity index is 1.71. The van der Waals surface area contributed by atoms with E-state index in [0.717, 1.165) is 67.5 Å². The number of phenols is 1. The van der Waals surface area contributed by atoms with Gasteiger partial charge in [0, 0.05) is 55.6 Å². The fourth-order valence-corrected chi connectivity index (χ4v) is 3.88. The molecular formula is C19H23FN4O. The molecule has 0 spiro atoms. The molecule has 1 aliphatic rings. The van der Waals surface area contributed by atoms with Crippen LogP contribution < -0.4 is 5.32 Å². The van der Waals surface area contributed by atoms with Gasteiger partial charge in [-0.25, -0.2) is 4.98 Å². The quantitative estimate of drug-likeness (QED) is 0.716. The lowest BCUT2D eigenvalue weighted by molar-refractivity contribution is 0.235. The standard InChI is InChI=1S/C19H23FN4O/c1-13-19-16(12-18(20)22-13)15-4-3-14(25)11-17(15)24(19)8-2-7-23-9-5-21-6-10-23/h3-4,11-12,21,25H,2,5-10H2,1H3. The summed E-state index contributed by atoms with van der Waals surface area (Å²) < 4.78 is 16.0. The Morgan fingerprint density at radius 3 is 2.76 bits per heavy atom. The van der Waals surface area contributed by atoms with Gasteiger partial charge in [-0.15, -0.1) is 0 Å². The molecule has 6 heteroatoms. The van der Waals surface area contributed by atoms with Crippen LogP contribution in [0.4, 0.5) is 4.39 Å². The normalized spacial score (nSPS) is 16.1. The zero-order valence-corrected chi connectivity index (χ0v) is 14.4. The van der Waals surface area contributed by atoms with E-state index in [9.17, 15) is 9.50 Å². The maximum absolute atomic E-state index is 13.8. The Labute approximate surface area is 146 Å². The molecule has 0 bridgehead atoms. The molecule has 5 nitrogen and oxygen atoms in total. The molecule has 3 heterocycles. The molecular weight excluding hydrogens is 319 g/mol. The minimum Gasteiger partial charge on any atom is -0.508 e. The summed E-state index contributed by atoms with van der Waals surface area (Å²) in [6.07, 6.45) is 1.01. The Morgan fingerprint density at radius 1 is 1.16 bits per heavy atom. The lowest BCUT2D eigenvalue weighted by atomic mass is 10.1. The molecule has 0 aliphatic carbocycles. The summed E-state index contributed by atoms with van der Waals surface area (Å²) >= 11 is 0. The second kappa shape index (κ2) is 6.61. The minimum atomic E-state index is -0.460. The summed E-state index contributed by atoms with van der Waals surface area (Å²) in [4.78, 5) is 6.47. The molecule has 4 rings (SSSR count). The number of aromatic nitrogens is 2. The SMILES string of the molecule is Cc1nc(F)cc2c3ccc(O)cc3n(CCCN3CCNCC3)c12. The summed E-state index contributed by atoms with van der Waals surface area (Å²) in [7, 11) is 0. The average Bonchev–Trinajstić information content (AvgIpc) is 2.89. The van der Waals surface area contributed by atoms with E-state index in [1.807, 2.05) is 13.0 Å². The molecule has 2 aromatic heterocycles. The monoisotopic (exact) mass is 342 g/mol. The first-order chi connectivity index (χ1) is 12.1. The number of rotatable bonds is 4. The van der Waals surface area contributed by atoms with Crippen LogP contribution in [0.1, 0.15) is 12.1 Å². The molecule has 132 valence electrons. The fraction of sp³-hybridized carbons (Fsp3) is 0.421. The number of fused-ring (bicyclic) bond motifs is 3. The first-order valence-electron chi connectivity index (χ1n) is 8.84. The summed E-state index contributed by atoms with van der Waals surface area (Å²) in [6.45, 7) is 7.96. The van der Waals surface area contributed by atoms with Crippen LogP contribution >= 0.6 is 0 Å². The molecule has 1 fully saturated rings. The van der Waals surface area contributed by atoms with E-state index in [4.69, 9.17) is 0 Å². The van der Waals surface area contributed by atoms with E-state index >= 15 is 0 Å². The average molecular weight is 342 g/mol. The summed E-state index contributed by atoms with van der Waals surface area (Å²) in [5.74, 6) is -0.234. The van der Waals surface area contributed by atoms with E-state index in [-0.39, 0.29) is 5.75 Å². The van der Waals surface area contributed by atoms with Gasteiger partial charge in [0.25, 0.3) is 0 Å². The van der Waals surface area contributed by atoms with E-state index in [2.05, 4.69) is 19.8 Å². The van der Waals surface area contributed by atoms with Crippen molar-refractivity contribution in [3.63, 3.8) is 0 Å². The van der Waals surface area contributed by atoms with Crippen molar-refractivity contribution in [2.45, 2.75) is 19.9 Å². The third-order valence-electron chi connectivity index (χ3n) is 5.03. The first kappa shape index (κ1) is 16.3. The van der Waals surface area contributed by atoms with Crippen LogP contribution in [-0.2, 0) is 6.54 Å². The second-order valence-electron chi connectivity index (χ2n) is 6.72. The molecule has 25 heavy (non-hydrogen) atoms. The Hall–Kier alpha value is -2.18. The Kier molecular flexibility index (Phi) is 4.31. The second-order valence-corrected chi connectivity index (χ2v) is 6.72. The zero-order chi connectivity index (χ0) is 17.4. The number of halogens is 1. The largest absolute Gasteiger partial charge is 0.508 e. The van der Waals surface area contributed by atoms with Gasteiger partial charge in [-0.05, 0) is 32.0 Å². The molecule has 0 radical (unpaired) electrons. The van der Waals surface area contributed by atoms with Crippen molar-refractivity contribution in [2.24, 2.45) is 0 Å². The van der Waals surface area contributed by atoms with Crippen LogP contribution in [0, 0.1) is 12.9 Å². The third-order valence-corrected chi connectivity index (χ3v) is 5.03. The van der Waals surface area contributed by atoms with Crippen LogP contribution in [0.5, 0.6) is 5.75 Å². The molecule has 3 aromatic rings. The highest BCUT2D eigenvalue weighted by molar-refractivity contribution is 6.09. The van der Waals surface area contributed by atoms with Crippen LogP contribution in [0.25, 0.3) is 21.8 Å². The van der Waals surface area contributed by atoms with Crippen LogP contribution in [0.3, 0.4) is 0 Å². The highest BCUT2D eigenvalue weighted by Crippen LogP contribution is 2.33. The summed E-state index contributed by atoms with van der Waals surface area (Å²) in [6, 6.07) is 6.77. The van der Waals surface area contributed by atoms with Gasteiger partial charge in [0.15, 0.2) is 0 Å². The molecule has 0 unspecified atom stereocenters. The molecule has 2 N–H and O–H groups in total. The van der Waals surface area contributed by atoms with Crippen molar-refractivity contribution in [1.29, 1.82) is 0 Å². The van der Waals surface area contributed by atoms with Crippen LogP contribution in [0.2, 0.25) is 0 Å². The van der Waals surface area contributed by atoms with Crippen molar-refractivity contribution >= 4 is 21.8 Å². The highest BCUT2D eigenvalue weighted by Gasteiger charge is 2.16. The number of aryl methyl sites for hydroxylation is 2. The number of nitrogens with one attached hydrogen (secondary N) is 1. The maximum Gasteiger partial charge on any atom is 0.213 e. The fourth-order valence-electron chi connectivity index (χ4n) is 3.88. The molecule has 0 amide bonds. The van der Waals surface area contributed by atoms with Crippen LogP contribution in [-0.4, -0.2) is 52.3 Å². The molecule has 1 aliphatic heterocycles. The number of piperazine rings is 1. The maximum atomic E-state index is 13.8. The number of pyridine rings is 1. The molecule has 1 aromatic carbocycles. The summed E-state index contributed by atoms with van der Waals surface area (Å²) in [5, 5.41) is 15.1. The van der Waals surface area contributed by atoms with Gasteiger partial charge in [-0.1, -0.05) is 0 Å². The summed E-state index contributed by atoms with van der Waals surface area (Å²) in [5.41, 5.74) is 2.58. The molecule has 1 saturated heterocycles. The highest BCUT2D eigenvalue weighted by atomic mass is 19.1. The Bertz CT molecular complexity index is 915. The number of aromatic hydroxyl groups is 1. The van der Waals surface area contributed by atoms with Gasteiger partial charge in [-0.2, -0.15) is 4.39 Å². The third kappa shape index (κ3) is 3.07. The minimum absolute atomic E-state index is 0.227. The van der Waals surface area contributed by atoms with Crippen molar-refractivity contribution in [2.75, 3.05) is 32.7 Å². The lowest BCUT2D eigenvalue weighted by Gasteiger charge is -2.27. The van der Waals surface area contributed by atoms with E-state index in [0.29, 0.717) is 5.69 Å². The van der Waals surface area contributed by atoms with Crippen molar-refractivity contribution in [3.8, 4) is 5.75 Å². The predicted octanol–water partition coefficient (Wildman–Crippen LogP) is 2.64. The predicted molar refractivity (Wildman–Crippen MR) is 97.5 cm³/mol. The van der Waals surface area contributed by atoms with E-state index in [1.54, 1.807) is 12.1 Å². The van der Waals surface area contributed by atoms with Crippen molar-refractivity contribution < 1.29 is 9.50 Å². The van der Waals surface area contributed by atoms with Gasteiger partial charge < -0.3 is 19.9 Å². The van der Waals surface area contributed by atoms with E-state index < -0.39 is 5.95 Å².